The van der Waals surface area contributed by atoms with Crippen LogP contribution in [0.25, 0.3) is 10.9 Å². The van der Waals surface area contributed by atoms with Gasteiger partial charge < -0.3 is 15.6 Å². The Labute approximate surface area is 166 Å². The number of nitrogens with one attached hydrogen (secondary N) is 3. The lowest BCUT2D eigenvalue weighted by molar-refractivity contribution is -0.121. The van der Waals surface area contributed by atoms with Crippen molar-refractivity contribution in [2.75, 3.05) is 13.1 Å². The van der Waals surface area contributed by atoms with E-state index in [2.05, 4.69) is 64.3 Å². The Kier molecular flexibility index (Phi) is 6.54. The molecule has 0 spiro atoms. The number of amides is 1. The zero-order valence-electron chi connectivity index (χ0n) is 15.3. The summed E-state index contributed by atoms with van der Waals surface area (Å²) in [4.78, 5) is 15.8. The number of halogens is 1. The first kappa shape index (κ1) is 19.5. The van der Waals surface area contributed by atoms with E-state index < -0.39 is 0 Å². The molecule has 1 saturated heterocycles. The van der Waals surface area contributed by atoms with Gasteiger partial charge in [0.15, 0.2) is 0 Å². The summed E-state index contributed by atoms with van der Waals surface area (Å²) in [6.45, 7) is 1.64. The Morgan fingerprint density at radius 2 is 1.89 bits per heavy atom. The summed E-state index contributed by atoms with van der Waals surface area (Å²) in [6.07, 6.45) is 4.90. The highest BCUT2D eigenvalue weighted by Crippen LogP contribution is 2.30. The maximum Gasteiger partial charge on any atom is 0.221 e. The summed E-state index contributed by atoms with van der Waals surface area (Å²) >= 11 is 0. The molecule has 142 valence electrons. The van der Waals surface area contributed by atoms with Crippen LogP contribution in [0.4, 0.5) is 0 Å². The van der Waals surface area contributed by atoms with Crippen LogP contribution in [0.15, 0.2) is 60.8 Å². The van der Waals surface area contributed by atoms with Crippen molar-refractivity contribution in [3.8, 4) is 0 Å². The average molecular weight is 384 g/mol. The highest BCUT2D eigenvalue weighted by atomic mass is 35.5. The molecule has 4 nitrogen and oxygen atoms in total. The largest absolute Gasteiger partial charge is 0.361 e. The van der Waals surface area contributed by atoms with Crippen molar-refractivity contribution in [1.82, 2.24) is 15.6 Å². The summed E-state index contributed by atoms with van der Waals surface area (Å²) < 4.78 is 0. The summed E-state index contributed by atoms with van der Waals surface area (Å²) in [6, 6.07) is 19.1. The van der Waals surface area contributed by atoms with Gasteiger partial charge in [0.1, 0.15) is 0 Å². The van der Waals surface area contributed by atoms with Crippen molar-refractivity contribution < 1.29 is 4.79 Å². The Morgan fingerprint density at radius 3 is 2.67 bits per heavy atom. The molecule has 2 unspecified atom stereocenters. The minimum atomic E-state index is 0. The van der Waals surface area contributed by atoms with E-state index in [0.717, 1.165) is 18.5 Å². The maximum atomic E-state index is 12.4. The quantitative estimate of drug-likeness (QED) is 0.603. The number of fused-ring (bicyclic) bond motifs is 1. The second-order valence-corrected chi connectivity index (χ2v) is 7.05. The number of H-pyrrole nitrogens is 1. The zero-order valence-corrected chi connectivity index (χ0v) is 16.1. The number of hydrogen-bond donors (Lipinski definition) is 3. The standard InChI is InChI=1S/C22H25N3O.ClH/c26-22(13-17-9-6-12-23-17)25-14-19(16-7-2-1-3-8-16)20-15-24-21-11-5-4-10-18(20)21;/h1-5,7-8,10-11,15,17,19,23-24H,6,9,12-14H2,(H,25,26);1H. The van der Waals surface area contributed by atoms with Gasteiger partial charge in [0, 0.05) is 42.0 Å². The van der Waals surface area contributed by atoms with Gasteiger partial charge in [0.25, 0.3) is 0 Å². The number of para-hydroxylation sites is 1. The van der Waals surface area contributed by atoms with E-state index in [-0.39, 0.29) is 24.2 Å². The average Bonchev–Trinajstić information content (AvgIpc) is 3.33. The molecule has 2 aromatic carbocycles. The molecule has 0 aliphatic carbocycles. The fraction of sp³-hybridized carbons (Fsp3) is 0.318. The lowest BCUT2D eigenvalue weighted by Gasteiger charge is -2.19. The molecule has 0 bridgehead atoms. The molecule has 1 aliphatic rings. The van der Waals surface area contributed by atoms with Gasteiger partial charge in [-0.05, 0) is 36.6 Å². The van der Waals surface area contributed by atoms with Gasteiger partial charge in [0.2, 0.25) is 5.91 Å². The van der Waals surface area contributed by atoms with E-state index in [4.69, 9.17) is 0 Å². The summed E-state index contributed by atoms with van der Waals surface area (Å²) in [5.74, 6) is 0.262. The van der Waals surface area contributed by atoms with Crippen LogP contribution >= 0.6 is 12.4 Å². The third-order valence-electron chi connectivity index (χ3n) is 5.30. The third-order valence-corrected chi connectivity index (χ3v) is 5.30. The normalized spacial score (nSPS) is 17.4. The number of rotatable bonds is 6. The highest BCUT2D eigenvalue weighted by Gasteiger charge is 2.21. The fourth-order valence-corrected chi connectivity index (χ4v) is 3.92. The van der Waals surface area contributed by atoms with Crippen LogP contribution in [0.5, 0.6) is 0 Å². The van der Waals surface area contributed by atoms with Crippen LogP contribution in [0.1, 0.15) is 36.3 Å². The van der Waals surface area contributed by atoms with E-state index >= 15 is 0 Å². The molecule has 3 aromatic rings. The van der Waals surface area contributed by atoms with E-state index in [1.807, 2.05) is 12.1 Å². The molecule has 1 amide bonds. The number of aromatic amines is 1. The molecule has 4 rings (SSSR count). The first-order valence-electron chi connectivity index (χ1n) is 9.42. The molecule has 2 atom stereocenters. The Hall–Kier alpha value is -2.30. The molecule has 1 fully saturated rings. The Balaban J connectivity index is 0.00000210. The molecular weight excluding hydrogens is 358 g/mol. The summed E-state index contributed by atoms with van der Waals surface area (Å²) in [5, 5.41) is 7.78. The molecule has 1 aliphatic heterocycles. The van der Waals surface area contributed by atoms with Crippen LogP contribution in [-0.4, -0.2) is 30.0 Å². The van der Waals surface area contributed by atoms with Crippen molar-refractivity contribution in [3.05, 3.63) is 71.9 Å². The van der Waals surface area contributed by atoms with Gasteiger partial charge in [0.05, 0.1) is 0 Å². The minimum Gasteiger partial charge on any atom is -0.361 e. The first-order valence-corrected chi connectivity index (χ1v) is 9.42. The number of hydrogen-bond acceptors (Lipinski definition) is 2. The highest BCUT2D eigenvalue weighted by molar-refractivity contribution is 5.85. The van der Waals surface area contributed by atoms with Crippen LogP contribution in [0, 0.1) is 0 Å². The van der Waals surface area contributed by atoms with Gasteiger partial charge in [-0.3, -0.25) is 4.79 Å². The smallest absolute Gasteiger partial charge is 0.221 e. The molecule has 0 radical (unpaired) electrons. The lowest BCUT2D eigenvalue weighted by Crippen LogP contribution is -2.34. The van der Waals surface area contributed by atoms with Crippen molar-refractivity contribution >= 4 is 29.2 Å². The number of aromatic nitrogens is 1. The predicted octanol–water partition coefficient (Wildman–Crippen LogP) is 3.98. The van der Waals surface area contributed by atoms with E-state index in [9.17, 15) is 4.79 Å². The van der Waals surface area contributed by atoms with Crippen molar-refractivity contribution in [2.45, 2.75) is 31.2 Å². The van der Waals surface area contributed by atoms with Crippen LogP contribution in [-0.2, 0) is 4.79 Å². The minimum absolute atomic E-state index is 0. The zero-order chi connectivity index (χ0) is 17.8. The Morgan fingerprint density at radius 1 is 1.11 bits per heavy atom. The van der Waals surface area contributed by atoms with Crippen molar-refractivity contribution in [1.29, 1.82) is 0 Å². The number of carbonyl (C=O) groups is 1. The monoisotopic (exact) mass is 383 g/mol. The van der Waals surface area contributed by atoms with Crippen LogP contribution in [0.2, 0.25) is 0 Å². The van der Waals surface area contributed by atoms with Crippen molar-refractivity contribution in [3.63, 3.8) is 0 Å². The second kappa shape index (κ2) is 9.07. The number of benzene rings is 2. The molecule has 5 heteroatoms. The fourth-order valence-electron chi connectivity index (χ4n) is 3.92. The van der Waals surface area contributed by atoms with Crippen molar-refractivity contribution in [2.24, 2.45) is 0 Å². The summed E-state index contributed by atoms with van der Waals surface area (Å²) in [7, 11) is 0. The predicted molar refractivity (Wildman–Crippen MR) is 112 cm³/mol. The van der Waals surface area contributed by atoms with Gasteiger partial charge in [-0.15, -0.1) is 12.4 Å². The molecular formula is C22H26ClN3O. The van der Waals surface area contributed by atoms with Crippen LogP contribution in [0.3, 0.4) is 0 Å². The number of carbonyl (C=O) groups excluding carboxylic acids is 1. The molecule has 1 aromatic heterocycles. The topological polar surface area (TPSA) is 56.9 Å². The second-order valence-electron chi connectivity index (χ2n) is 7.05. The lowest BCUT2D eigenvalue weighted by atomic mass is 9.91. The molecule has 0 saturated carbocycles. The molecule has 2 heterocycles. The third kappa shape index (κ3) is 4.52. The molecule has 27 heavy (non-hydrogen) atoms. The summed E-state index contributed by atoms with van der Waals surface area (Å²) in [5.41, 5.74) is 3.58. The Bertz CT molecular complexity index is 871. The first-order chi connectivity index (χ1) is 12.8. The van der Waals surface area contributed by atoms with E-state index in [0.29, 0.717) is 19.0 Å². The van der Waals surface area contributed by atoms with Gasteiger partial charge in [-0.2, -0.15) is 0 Å². The van der Waals surface area contributed by atoms with Gasteiger partial charge in [-0.25, -0.2) is 0 Å². The van der Waals surface area contributed by atoms with Gasteiger partial charge >= 0.3 is 0 Å². The van der Waals surface area contributed by atoms with Crippen LogP contribution < -0.4 is 10.6 Å². The van der Waals surface area contributed by atoms with E-state index in [1.165, 1.54) is 22.9 Å². The molecule has 3 N–H and O–H groups in total. The van der Waals surface area contributed by atoms with Gasteiger partial charge in [-0.1, -0.05) is 48.5 Å². The van der Waals surface area contributed by atoms with E-state index in [1.54, 1.807) is 0 Å². The maximum absolute atomic E-state index is 12.4. The SMILES string of the molecule is Cl.O=C(CC1CCCN1)NCC(c1ccccc1)c1c[nH]c2ccccc12.